The van der Waals surface area contributed by atoms with E-state index in [0.29, 0.717) is 12.0 Å². The standard InChI is InChI=1S/C16H21NO2/c1-2-15-14-11-13(8-9-17(14)16(18)19-15)10-12-6-4-3-5-7-12/h3-7,13-15H,2,8-11H2,1H3/t13-,14+,15+/m1/s1. The summed E-state index contributed by atoms with van der Waals surface area (Å²) in [6, 6.07) is 11.0. The van der Waals surface area contributed by atoms with Crippen molar-refractivity contribution in [1.82, 2.24) is 4.90 Å². The first-order valence-electron chi connectivity index (χ1n) is 7.29. The Bertz CT molecular complexity index is 445. The van der Waals surface area contributed by atoms with Crippen LogP contribution in [0.3, 0.4) is 0 Å². The first-order valence-corrected chi connectivity index (χ1v) is 7.29. The van der Waals surface area contributed by atoms with Crippen molar-refractivity contribution >= 4 is 6.09 Å². The fraction of sp³-hybridized carbons (Fsp3) is 0.562. The number of rotatable bonds is 3. The second-order valence-electron chi connectivity index (χ2n) is 5.67. The summed E-state index contributed by atoms with van der Waals surface area (Å²) in [6.45, 7) is 2.96. The molecule has 1 aromatic carbocycles. The van der Waals surface area contributed by atoms with Gasteiger partial charge in [-0.3, -0.25) is 0 Å². The van der Waals surface area contributed by atoms with Gasteiger partial charge in [0.1, 0.15) is 6.10 Å². The quantitative estimate of drug-likeness (QED) is 0.834. The van der Waals surface area contributed by atoms with E-state index in [1.54, 1.807) is 0 Å². The molecule has 19 heavy (non-hydrogen) atoms. The molecule has 0 aromatic heterocycles. The third-order valence-electron chi connectivity index (χ3n) is 4.44. The highest BCUT2D eigenvalue weighted by Gasteiger charge is 2.44. The lowest BCUT2D eigenvalue weighted by atomic mass is 9.84. The molecule has 2 aliphatic heterocycles. The van der Waals surface area contributed by atoms with Gasteiger partial charge in [-0.05, 0) is 37.2 Å². The van der Waals surface area contributed by atoms with Gasteiger partial charge >= 0.3 is 6.09 Å². The van der Waals surface area contributed by atoms with Crippen molar-refractivity contribution in [1.29, 1.82) is 0 Å². The first kappa shape index (κ1) is 12.5. The maximum atomic E-state index is 11.7. The summed E-state index contributed by atoms with van der Waals surface area (Å²) in [7, 11) is 0. The molecule has 3 rings (SSSR count). The van der Waals surface area contributed by atoms with Crippen molar-refractivity contribution in [3.8, 4) is 0 Å². The molecule has 2 aliphatic rings. The van der Waals surface area contributed by atoms with E-state index in [-0.39, 0.29) is 12.2 Å². The first-order chi connectivity index (χ1) is 9.28. The van der Waals surface area contributed by atoms with Gasteiger partial charge in [-0.1, -0.05) is 37.3 Å². The van der Waals surface area contributed by atoms with Crippen LogP contribution in [0.15, 0.2) is 30.3 Å². The number of piperidine rings is 1. The van der Waals surface area contributed by atoms with Gasteiger partial charge < -0.3 is 9.64 Å². The maximum Gasteiger partial charge on any atom is 0.410 e. The molecule has 0 spiro atoms. The van der Waals surface area contributed by atoms with Gasteiger partial charge in [0.25, 0.3) is 0 Å². The molecule has 2 heterocycles. The van der Waals surface area contributed by atoms with Gasteiger partial charge in [-0.2, -0.15) is 0 Å². The van der Waals surface area contributed by atoms with Gasteiger partial charge in [0.15, 0.2) is 0 Å². The van der Waals surface area contributed by atoms with Crippen LogP contribution in [-0.2, 0) is 11.2 Å². The fourth-order valence-corrected chi connectivity index (χ4v) is 3.42. The van der Waals surface area contributed by atoms with Crippen LogP contribution in [-0.4, -0.2) is 29.7 Å². The average molecular weight is 259 g/mol. The molecule has 1 aromatic rings. The lowest BCUT2D eigenvalue weighted by molar-refractivity contribution is 0.125. The number of carbonyl (C=O) groups is 1. The molecule has 102 valence electrons. The van der Waals surface area contributed by atoms with Crippen molar-refractivity contribution in [2.24, 2.45) is 5.92 Å². The molecule has 3 nitrogen and oxygen atoms in total. The summed E-state index contributed by atoms with van der Waals surface area (Å²) >= 11 is 0. The number of hydrogen-bond donors (Lipinski definition) is 0. The summed E-state index contributed by atoms with van der Waals surface area (Å²) < 4.78 is 5.44. The van der Waals surface area contributed by atoms with Crippen LogP contribution in [0.4, 0.5) is 4.79 Å². The number of nitrogens with zero attached hydrogens (tertiary/aromatic N) is 1. The molecule has 0 aliphatic carbocycles. The second-order valence-corrected chi connectivity index (χ2v) is 5.67. The summed E-state index contributed by atoms with van der Waals surface area (Å²) in [4.78, 5) is 13.7. The van der Waals surface area contributed by atoms with Crippen LogP contribution in [0.25, 0.3) is 0 Å². The molecule has 2 saturated heterocycles. The number of fused-ring (bicyclic) bond motifs is 1. The summed E-state index contributed by atoms with van der Waals surface area (Å²) in [5.74, 6) is 0.673. The molecule has 2 fully saturated rings. The zero-order valence-corrected chi connectivity index (χ0v) is 11.4. The summed E-state index contributed by atoms with van der Waals surface area (Å²) in [5.41, 5.74) is 1.40. The minimum Gasteiger partial charge on any atom is -0.444 e. The Kier molecular flexibility index (Phi) is 3.45. The summed E-state index contributed by atoms with van der Waals surface area (Å²) in [6.07, 6.45) is 4.22. The smallest absolute Gasteiger partial charge is 0.410 e. The van der Waals surface area contributed by atoms with E-state index in [1.165, 1.54) is 5.56 Å². The average Bonchev–Trinajstić information content (AvgIpc) is 2.76. The van der Waals surface area contributed by atoms with Gasteiger partial charge in [0, 0.05) is 6.54 Å². The fourth-order valence-electron chi connectivity index (χ4n) is 3.42. The minimum absolute atomic E-state index is 0.102. The SMILES string of the molecule is CC[C@@H]1OC(=O)N2CC[C@H](Cc3ccccc3)C[C@@H]12. The molecular weight excluding hydrogens is 238 g/mol. The zero-order chi connectivity index (χ0) is 13.2. The molecular formula is C16H21NO2. The van der Waals surface area contributed by atoms with Crippen molar-refractivity contribution in [3.05, 3.63) is 35.9 Å². The van der Waals surface area contributed by atoms with Gasteiger partial charge in [0.2, 0.25) is 0 Å². The number of ether oxygens (including phenoxy) is 1. The van der Waals surface area contributed by atoms with Crippen LogP contribution in [0, 0.1) is 5.92 Å². The number of hydrogen-bond acceptors (Lipinski definition) is 2. The Labute approximate surface area is 114 Å². The van der Waals surface area contributed by atoms with Crippen molar-refractivity contribution < 1.29 is 9.53 Å². The Balaban J connectivity index is 1.66. The summed E-state index contributed by atoms with van der Waals surface area (Å²) in [5, 5.41) is 0. The molecule has 3 heteroatoms. The number of cyclic esters (lactones) is 1. The molecule has 0 unspecified atom stereocenters. The Morgan fingerprint density at radius 3 is 2.84 bits per heavy atom. The van der Waals surface area contributed by atoms with Crippen molar-refractivity contribution in [3.63, 3.8) is 0 Å². The van der Waals surface area contributed by atoms with E-state index in [2.05, 4.69) is 37.3 Å². The monoisotopic (exact) mass is 259 g/mol. The largest absolute Gasteiger partial charge is 0.444 e. The zero-order valence-electron chi connectivity index (χ0n) is 11.4. The highest BCUT2D eigenvalue weighted by atomic mass is 16.6. The van der Waals surface area contributed by atoms with Gasteiger partial charge in [-0.25, -0.2) is 4.79 Å². The topological polar surface area (TPSA) is 29.5 Å². The van der Waals surface area contributed by atoms with Crippen molar-refractivity contribution in [2.45, 2.75) is 44.8 Å². The highest BCUT2D eigenvalue weighted by Crippen LogP contribution is 2.34. The van der Waals surface area contributed by atoms with Gasteiger partial charge in [0.05, 0.1) is 6.04 Å². The minimum atomic E-state index is -0.102. The van der Waals surface area contributed by atoms with Crippen LogP contribution in [0.5, 0.6) is 0 Å². The third kappa shape index (κ3) is 2.46. The number of amides is 1. The van der Waals surface area contributed by atoms with Crippen LogP contribution < -0.4 is 0 Å². The van der Waals surface area contributed by atoms with E-state index in [0.717, 1.165) is 32.2 Å². The molecule has 1 amide bonds. The molecule has 0 radical (unpaired) electrons. The van der Waals surface area contributed by atoms with Crippen molar-refractivity contribution in [2.75, 3.05) is 6.54 Å². The Morgan fingerprint density at radius 2 is 2.11 bits per heavy atom. The van der Waals surface area contributed by atoms with Crippen LogP contribution >= 0.6 is 0 Å². The highest BCUT2D eigenvalue weighted by molar-refractivity contribution is 5.70. The van der Waals surface area contributed by atoms with E-state index in [4.69, 9.17) is 4.74 Å². The van der Waals surface area contributed by atoms with E-state index >= 15 is 0 Å². The Morgan fingerprint density at radius 1 is 1.32 bits per heavy atom. The van der Waals surface area contributed by atoms with Gasteiger partial charge in [-0.15, -0.1) is 0 Å². The third-order valence-corrected chi connectivity index (χ3v) is 4.44. The molecule has 3 atom stereocenters. The molecule has 0 bridgehead atoms. The second kappa shape index (κ2) is 5.24. The maximum absolute atomic E-state index is 11.7. The lowest BCUT2D eigenvalue weighted by Crippen LogP contribution is -2.43. The van der Waals surface area contributed by atoms with Crippen LogP contribution in [0.2, 0.25) is 0 Å². The normalized spacial score (nSPS) is 30.1. The number of benzene rings is 1. The molecule has 0 N–H and O–H groups in total. The number of carbonyl (C=O) groups excluding carboxylic acids is 1. The van der Waals surface area contributed by atoms with E-state index < -0.39 is 0 Å². The van der Waals surface area contributed by atoms with E-state index in [1.807, 2.05) is 4.90 Å². The lowest BCUT2D eigenvalue weighted by Gasteiger charge is -2.34. The Hall–Kier alpha value is -1.51. The van der Waals surface area contributed by atoms with Crippen LogP contribution in [0.1, 0.15) is 31.7 Å². The molecule has 0 saturated carbocycles. The predicted molar refractivity (Wildman–Crippen MR) is 73.9 cm³/mol. The predicted octanol–water partition coefficient (Wildman–Crippen LogP) is 3.24. The van der Waals surface area contributed by atoms with E-state index in [9.17, 15) is 4.79 Å².